The Morgan fingerprint density at radius 2 is 0.575 bits per heavy atom. The lowest BCUT2D eigenvalue weighted by Crippen LogP contribution is -2.05. The summed E-state index contributed by atoms with van der Waals surface area (Å²) in [5, 5.41) is 14.3. The number of hydrogen-bond donors (Lipinski definition) is 0. The van der Waals surface area contributed by atoms with Crippen LogP contribution in [0.25, 0.3) is 196 Å². The molecule has 0 saturated carbocycles. The highest BCUT2D eigenvalue weighted by molar-refractivity contribution is 7.99. The Bertz CT molecular complexity index is 8110. The largest absolute Gasteiger partial charge is 0.456 e. The molecule has 0 bridgehead atoms. The summed E-state index contributed by atoms with van der Waals surface area (Å²) in [7, 11) is 0. The SMILES string of the molecule is c1ccc2c(c1)CSc1nc3ccc(-c4ccc5oc6ccccc6c5c4)cc3n1-2.c1ccc2c(c1)CSc1nc3ccc(-c4ccc5sc6ccccc6c5c4)cc3n1-2.c1ccc2c(c1)CSc1nc3ccc(-c4cccc5c4oc4ccccc45)cc3n1-2.c1ccc2c(c1)CSc1nc3ccc(-c4cccc5sc6ccccc6c45)cc3n1-2. The predicted octanol–water partition coefficient (Wildman–Crippen LogP) is 29.7. The molecule has 0 fully saturated rings. The van der Waals surface area contributed by atoms with Crippen LogP contribution in [0.3, 0.4) is 0 Å². The van der Waals surface area contributed by atoms with Crippen molar-refractivity contribution in [1.82, 2.24) is 38.2 Å². The molecule has 4 aliphatic rings. The molecule has 12 heterocycles. The molecular weight excluding hydrogens is 1590 g/mol. The Morgan fingerprint density at radius 1 is 0.233 bits per heavy atom. The molecular formula is C104H64N8O2S6. The minimum atomic E-state index is 0.924. The lowest BCUT2D eigenvalue weighted by atomic mass is 9.99. The molecule has 120 heavy (non-hydrogen) atoms. The minimum absolute atomic E-state index is 0.924. The highest BCUT2D eigenvalue weighted by Crippen LogP contribution is 2.48. The number of furan rings is 2. The summed E-state index contributed by atoms with van der Waals surface area (Å²) >= 11 is 11.0. The van der Waals surface area contributed by atoms with Gasteiger partial charge in [-0.2, -0.15) is 0 Å². The van der Waals surface area contributed by atoms with Crippen molar-refractivity contribution in [2.45, 2.75) is 43.6 Å². The third-order valence-electron chi connectivity index (χ3n) is 23.7. The highest BCUT2D eigenvalue weighted by Gasteiger charge is 2.27. The molecule has 0 saturated heterocycles. The first-order valence-electron chi connectivity index (χ1n) is 40.0. The Hall–Kier alpha value is -13.2. The number of rotatable bonds is 4. The molecule has 0 radical (unpaired) electrons. The van der Waals surface area contributed by atoms with Gasteiger partial charge < -0.3 is 8.83 Å². The van der Waals surface area contributed by atoms with Gasteiger partial charge in [0.15, 0.2) is 20.6 Å². The molecule has 0 amide bonds. The van der Waals surface area contributed by atoms with E-state index >= 15 is 0 Å². The third kappa shape index (κ3) is 11.6. The van der Waals surface area contributed by atoms with Crippen LogP contribution >= 0.6 is 69.7 Å². The minimum Gasteiger partial charge on any atom is -0.456 e. The van der Waals surface area contributed by atoms with E-state index in [1.165, 1.54) is 130 Å². The summed E-state index contributed by atoms with van der Waals surface area (Å²) in [4.78, 5) is 19.6. The zero-order valence-corrected chi connectivity index (χ0v) is 68.9. The van der Waals surface area contributed by atoms with Gasteiger partial charge in [-0.25, -0.2) is 19.9 Å². The van der Waals surface area contributed by atoms with Crippen LogP contribution in [0.1, 0.15) is 22.3 Å². The van der Waals surface area contributed by atoms with E-state index in [0.717, 1.165) is 132 Å². The molecule has 24 aromatic rings. The third-order valence-corrected chi connectivity index (χ3v) is 29.9. The number of nitrogens with zero attached hydrogens (tertiary/aromatic N) is 8. The van der Waals surface area contributed by atoms with E-state index in [-0.39, 0.29) is 0 Å². The van der Waals surface area contributed by atoms with E-state index in [9.17, 15) is 0 Å². The van der Waals surface area contributed by atoms with E-state index in [1.54, 1.807) is 23.5 Å². The molecule has 0 atom stereocenters. The zero-order chi connectivity index (χ0) is 78.6. The average Bonchev–Trinajstić information content (AvgIpc) is 1.59. The van der Waals surface area contributed by atoms with Gasteiger partial charge in [-0.1, -0.05) is 259 Å². The maximum Gasteiger partial charge on any atom is 0.174 e. The molecule has 0 unspecified atom stereocenters. The first-order chi connectivity index (χ1) is 59.4. The summed E-state index contributed by atoms with van der Waals surface area (Å²) in [6, 6.07) is 121. The first-order valence-corrected chi connectivity index (χ1v) is 45.6. The average molecular weight is 1650 g/mol. The summed E-state index contributed by atoms with van der Waals surface area (Å²) in [6.45, 7) is 0. The molecule has 8 aromatic heterocycles. The molecule has 0 aliphatic carbocycles. The normalized spacial score (nSPS) is 13.1. The maximum atomic E-state index is 6.27. The molecule has 4 aliphatic heterocycles. The molecule has 28 rings (SSSR count). The van der Waals surface area contributed by atoms with Crippen LogP contribution < -0.4 is 0 Å². The second kappa shape index (κ2) is 28.3. The summed E-state index contributed by atoms with van der Waals surface area (Å²) in [5.41, 5.74) is 32.6. The molecule has 16 aromatic carbocycles. The first kappa shape index (κ1) is 69.9. The van der Waals surface area contributed by atoms with Crippen molar-refractivity contribution >= 4 is 198 Å². The summed E-state index contributed by atoms with van der Waals surface area (Å²) < 4.78 is 26.9. The van der Waals surface area contributed by atoms with Gasteiger partial charge in [0.2, 0.25) is 0 Å². The maximum absolute atomic E-state index is 6.27. The van der Waals surface area contributed by atoms with Crippen LogP contribution in [-0.2, 0) is 23.0 Å². The van der Waals surface area contributed by atoms with Gasteiger partial charge in [-0.05, 0) is 189 Å². The second-order valence-electron chi connectivity index (χ2n) is 30.6. The van der Waals surface area contributed by atoms with Crippen LogP contribution in [0, 0.1) is 0 Å². The van der Waals surface area contributed by atoms with Crippen molar-refractivity contribution in [3.05, 3.63) is 362 Å². The molecule has 568 valence electrons. The topological polar surface area (TPSA) is 97.6 Å². The van der Waals surface area contributed by atoms with Crippen LogP contribution in [0.4, 0.5) is 0 Å². The van der Waals surface area contributed by atoms with E-state index in [4.69, 9.17) is 28.8 Å². The Labute approximate surface area is 712 Å². The van der Waals surface area contributed by atoms with Gasteiger partial charge in [0, 0.05) is 90.5 Å². The van der Waals surface area contributed by atoms with Crippen LogP contribution in [0.5, 0.6) is 0 Å². The Morgan fingerprint density at radius 3 is 1.11 bits per heavy atom. The van der Waals surface area contributed by atoms with Gasteiger partial charge in [0.05, 0.1) is 66.9 Å². The second-order valence-corrected chi connectivity index (χ2v) is 36.5. The van der Waals surface area contributed by atoms with E-state index in [1.807, 2.05) is 70.5 Å². The number of benzene rings is 16. The Balaban J connectivity index is 0.0000000886. The van der Waals surface area contributed by atoms with Crippen molar-refractivity contribution in [1.29, 1.82) is 0 Å². The number of thioether (sulfide) groups is 4. The van der Waals surface area contributed by atoms with E-state index < -0.39 is 0 Å². The van der Waals surface area contributed by atoms with Crippen molar-refractivity contribution < 1.29 is 8.83 Å². The number of para-hydroxylation sites is 7. The van der Waals surface area contributed by atoms with Crippen LogP contribution in [0.2, 0.25) is 0 Å². The number of aromatic nitrogens is 8. The fourth-order valence-electron chi connectivity index (χ4n) is 18.0. The van der Waals surface area contributed by atoms with Gasteiger partial charge in [0.25, 0.3) is 0 Å². The monoisotopic (exact) mass is 1650 g/mol. The lowest BCUT2D eigenvalue weighted by molar-refractivity contribution is 0.669. The quantitative estimate of drug-likeness (QED) is 0.169. The van der Waals surface area contributed by atoms with Crippen molar-refractivity contribution in [3.63, 3.8) is 0 Å². The fraction of sp³-hybridized carbons (Fsp3) is 0.0385. The van der Waals surface area contributed by atoms with Crippen LogP contribution in [0.15, 0.2) is 369 Å². The molecule has 0 spiro atoms. The molecule has 0 N–H and O–H groups in total. The highest BCUT2D eigenvalue weighted by atomic mass is 32.2. The number of imidazole rings is 4. The Kier molecular flexibility index (Phi) is 16.5. The number of fused-ring (bicyclic) bond motifs is 32. The summed E-state index contributed by atoms with van der Waals surface area (Å²) in [6.07, 6.45) is 0. The van der Waals surface area contributed by atoms with Crippen molar-refractivity contribution in [2.75, 3.05) is 0 Å². The smallest absolute Gasteiger partial charge is 0.174 e. The lowest BCUT2D eigenvalue weighted by Gasteiger charge is -2.18. The number of hydrogen-bond acceptors (Lipinski definition) is 12. The molecule has 10 nitrogen and oxygen atoms in total. The fourth-order valence-corrected chi connectivity index (χ4v) is 24.3. The van der Waals surface area contributed by atoms with Crippen molar-refractivity contribution in [3.8, 4) is 67.3 Å². The van der Waals surface area contributed by atoms with Crippen LogP contribution in [-0.4, -0.2) is 38.2 Å². The van der Waals surface area contributed by atoms with E-state index in [0.29, 0.717) is 0 Å². The molecule has 16 heteroatoms. The standard InChI is InChI=1S/2C26H16N2OS.2C26H16N2S2/c1-3-10-22-17(6-1)15-30-26-27-21-13-12-16(14-23(21)28(22)26)18-8-5-9-20-19-7-2-4-11-24(19)29-25(18)20;1-3-7-22-18(5-1)15-30-26-27-21-11-9-17(14-23(21)28(22)26)16-10-12-25-20(13-16)19-6-2-4-8-24(19)29-25;1-3-9-21-17(6-1)15-29-26-27-20-13-12-16(14-22(20)28(21)26)18-8-5-11-24-25(18)19-7-2-4-10-23(19)30-24;1-3-7-22-18(5-1)15-29-26-27-21-11-9-17(14-23(21)28(22)26)16-10-12-25-20(13-16)19-6-2-4-8-24(19)30-25/h4*1-14H,15H2. The van der Waals surface area contributed by atoms with E-state index in [2.05, 4.69) is 334 Å². The van der Waals surface area contributed by atoms with Gasteiger partial charge in [-0.15, -0.1) is 22.7 Å². The zero-order valence-electron chi connectivity index (χ0n) is 64.0. The van der Waals surface area contributed by atoms with Gasteiger partial charge in [0.1, 0.15) is 22.3 Å². The summed E-state index contributed by atoms with van der Waals surface area (Å²) in [5.74, 6) is 3.89. The number of thiophene rings is 2. The van der Waals surface area contributed by atoms with Gasteiger partial charge in [-0.3, -0.25) is 18.3 Å². The van der Waals surface area contributed by atoms with Gasteiger partial charge >= 0.3 is 0 Å². The van der Waals surface area contributed by atoms with Crippen molar-refractivity contribution in [2.24, 2.45) is 0 Å². The predicted molar refractivity (Wildman–Crippen MR) is 505 cm³/mol.